The Morgan fingerprint density at radius 3 is 3.00 bits per heavy atom. The predicted molar refractivity (Wildman–Crippen MR) is 52.8 cm³/mol. The lowest BCUT2D eigenvalue weighted by atomic mass is 10.5. The molecular formula is C8H10N6O. The number of nitrogen functional groups attached to an aromatic ring is 1. The molecule has 0 amide bonds. The molecule has 0 spiro atoms. The Morgan fingerprint density at radius 2 is 2.33 bits per heavy atom. The summed E-state index contributed by atoms with van der Waals surface area (Å²) < 4.78 is 4.59. The predicted octanol–water partition coefficient (Wildman–Crippen LogP) is 0.362. The third-order valence-corrected chi connectivity index (χ3v) is 1.69. The van der Waals surface area contributed by atoms with Crippen LogP contribution in [0.25, 0.3) is 0 Å². The average molecular weight is 206 g/mol. The van der Waals surface area contributed by atoms with Crippen molar-refractivity contribution in [3.63, 3.8) is 0 Å². The molecule has 0 aliphatic heterocycles. The van der Waals surface area contributed by atoms with Crippen molar-refractivity contribution >= 4 is 11.6 Å². The van der Waals surface area contributed by atoms with E-state index in [4.69, 9.17) is 5.73 Å². The normalized spacial score (nSPS) is 10.2. The van der Waals surface area contributed by atoms with Crippen molar-refractivity contribution in [1.29, 1.82) is 0 Å². The highest BCUT2D eigenvalue weighted by atomic mass is 16.5. The first-order chi connectivity index (χ1) is 7.24. The van der Waals surface area contributed by atoms with Gasteiger partial charge in [0.15, 0.2) is 5.82 Å². The number of anilines is 2. The smallest absolute Gasteiger partial charge is 0.213 e. The topological polar surface area (TPSA) is 103 Å². The number of nitrogens with zero attached hydrogens (tertiary/aromatic N) is 4. The lowest BCUT2D eigenvalue weighted by Crippen LogP contribution is -2.05. The maximum Gasteiger partial charge on any atom is 0.213 e. The average Bonchev–Trinajstić information content (AvgIpc) is 2.65. The number of nitrogens with two attached hydrogens (primary N) is 1. The van der Waals surface area contributed by atoms with E-state index in [1.807, 2.05) is 0 Å². The molecule has 0 bridgehead atoms. The largest absolute Gasteiger partial charge is 0.384 e. The van der Waals surface area contributed by atoms with Crippen molar-refractivity contribution in [2.45, 2.75) is 13.5 Å². The van der Waals surface area contributed by atoms with Gasteiger partial charge in [-0.1, -0.05) is 5.16 Å². The molecule has 3 N–H and O–H groups in total. The van der Waals surface area contributed by atoms with Crippen molar-refractivity contribution in [2.24, 2.45) is 0 Å². The van der Waals surface area contributed by atoms with Gasteiger partial charge in [-0.25, -0.2) is 9.97 Å². The van der Waals surface area contributed by atoms with E-state index in [1.54, 1.807) is 13.0 Å². The minimum absolute atomic E-state index is 0.429. The summed E-state index contributed by atoms with van der Waals surface area (Å²) >= 11 is 0. The number of nitrogens with one attached hydrogen (secondary N) is 1. The molecule has 2 heterocycles. The molecule has 0 fully saturated rings. The molecule has 0 unspecified atom stereocenters. The molecule has 0 aromatic carbocycles. The Morgan fingerprint density at radius 1 is 1.47 bits per heavy atom. The summed E-state index contributed by atoms with van der Waals surface area (Å²) in [7, 11) is 0. The number of aromatic nitrogens is 4. The minimum atomic E-state index is 0.429. The molecule has 0 radical (unpaired) electrons. The Hall–Kier alpha value is -2.18. The van der Waals surface area contributed by atoms with Gasteiger partial charge in [0.05, 0.1) is 6.54 Å². The zero-order valence-corrected chi connectivity index (χ0v) is 8.14. The summed E-state index contributed by atoms with van der Waals surface area (Å²) in [4.78, 5) is 12.0. The van der Waals surface area contributed by atoms with Gasteiger partial charge < -0.3 is 15.6 Å². The molecule has 0 saturated carbocycles. The maximum absolute atomic E-state index is 5.57. The zero-order chi connectivity index (χ0) is 10.7. The maximum atomic E-state index is 5.57. The summed E-state index contributed by atoms with van der Waals surface area (Å²) in [6.07, 6.45) is 1.27. The molecule has 0 saturated heterocycles. The second kappa shape index (κ2) is 3.91. The van der Waals surface area contributed by atoms with Gasteiger partial charge in [-0.2, -0.15) is 4.98 Å². The van der Waals surface area contributed by atoms with Crippen LogP contribution in [-0.4, -0.2) is 20.1 Å². The van der Waals surface area contributed by atoms with Gasteiger partial charge >= 0.3 is 0 Å². The van der Waals surface area contributed by atoms with E-state index in [0.717, 1.165) is 0 Å². The van der Waals surface area contributed by atoms with Crippen LogP contribution in [0.2, 0.25) is 0 Å². The van der Waals surface area contributed by atoms with E-state index in [2.05, 4.69) is 29.9 Å². The van der Waals surface area contributed by atoms with Gasteiger partial charge in [0.2, 0.25) is 6.39 Å². The first kappa shape index (κ1) is 9.38. The quantitative estimate of drug-likeness (QED) is 0.747. The van der Waals surface area contributed by atoms with E-state index >= 15 is 0 Å². The van der Waals surface area contributed by atoms with E-state index in [0.29, 0.717) is 29.8 Å². The standard InChI is InChI=1S/C8H10N6O/c1-5-12-6(9)2-7(13-5)10-3-8-11-4-15-14-8/h2,4H,3H2,1H3,(H3,9,10,12,13). The van der Waals surface area contributed by atoms with Crippen LogP contribution in [0.4, 0.5) is 11.6 Å². The van der Waals surface area contributed by atoms with Gasteiger partial charge in [0, 0.05) is 6.07 Å². The molecule has 7 nitrogen and oxygen atoms in total. The van der Waals surface area contributed by atoms with E-state index in [9.17, 15) is 0 Å². The van der Waals surface area contributed by atoms with Crippen LogP contribution in [0.1, 0.15) is 11.6 Å². The highest BCUT2D eigenvalue weighted by Gasteiger charge is 2.01. The molecule has 15 heavy (non-hydrogen) atoms. The van der Waals surface area contributed by atoms with Gasteiger partial charge in [0.25, 0.3) is 0 Å². The molecular weight excluding hydrogens is 196 g/mol. The summed E-state index contributed by atoms with van der Waals surface area (Å²) in [6, 6.07) is 1.65. The lowest BCUT2D eigenvalue weighted by Gasteiger charge is -2.03. The lowest BCUT2D eigenvalue weighted by molar-refractivity contribution is 0.411. The number of hydrogen-bond donors (Lipinski definition) is 2. The van der Waals surface area contributed by atoms with Gasteiger partial charge in [0.1, 0.15) is 17.5 Å². The monoisotopic (exact) mass is 206 g/mol. The van der Waals surface area contributed by atoms with Crippen LogP contribution in [0, 0.1) is 6.92 Å². The Labute approximate surface area is 85.7 Å². The number of rotatable bonds is 3. The highest BCUT2D eigenvalue weighted by molar-refractivity contribution is 5.44. The zero-order valence-electron chi connectivity index (χ0n) is 8.14. The number of aryl methyl sites for hydroxylation is 1. The molecule has 7 heteroatoms. The molecule has 2 rings (SSSR count). The Balaban J connectivity index is 2.05. The molecule has 0 aliphatic rings. The van der Waals surface area contributed by atoms with E-state index in [-0.39, 0.29) is 0 Å². The second-order valence-electron chi connectivity index (χ2n) is 2.93. The fourth-order valence-electron chi connectivity index (χ4n) is 1.12. The SMILES string of the molecule is Cc1nc(N)cc(NCc2ncon2)n1. The summed E-state index contributed by atoms with van der Waals surface area (Å²) in [5.74, 6) is 2.25. The summed E-state index contributed by atoms with van der Waals surface area (Å²) in [5, 5.41) is 6.67. The molecule has 2 aromatic rings. The van der Waals surface area contributed by atoms with Crippen LogP contribution in [0.15, 0.2) is 17.0 Å². The Kier molecular flexibility index (Phi) is 2.44. The van der Waals surface area contributed by atoms with Gasteiger partial charge in [-0.15, -0.1) is 0 Å². The third kappa shape index (κ3) is 2.39. The minimum Gasteiger partial charge on any atom is -0.384 e. The van der Waals surface area contributed by atoms with Crippen molar-refractivity contribution in [2.75, 3.05) is 11.1 Å². The first-order valence-electron chi connectivity index (χ1n) is 4.34. The van der Waals surface area contributed by atoms with Crippen LogP contribution in [0.5, 0.6) is 0 Å². The molecule has 2 aromatic heterocycles. The van der Waals surface area contributed by atoms with Crippen LogP contribution < -0.4 is 11.1 Å². The van der Waals surface area contributed by atoms with Crippen molar-refractivity contribution in [3.05, 3.63) is 24.1 Å². The van der Waals surface area contributed by atoms with E-state index < -0.39 is 0 Å². The summed E-state index contributed by atoms with van der Waals surface area (Å²) in [5.41, 5.74) is 5.57. The fourth-order valence-corrected chi connectivity index (χ4v) is 1.12. The van der Waals surface area contributed by atoms with Crippen molar-refractivity contribution in [3.8, 4) is 0 Å². The van der Waals surface area contributed by atoms with Crippen molar-refractivity contribution < 1.29 is 4.52 Å². The molecule has 0 atom stereocenters. The second-order valence-corrected chi connectivity index (χ2v) is 2.93. The van der Waals surface area contributed by atoms with Crippen LogP contribution in [0.3, 0.4) is 0 Å². The molecule has 0 aliphatic carbocycles. The van der Waals surface area contributed by atoms with Crippen molar-refractivity contribution in [1.82, 2.24) is 20.1 Å². The summed E-state index contributed by atoms with van der Waals surface area (Å²) in [6.45, 7) is 2.21. The molecule has 78 valence electrons. The van der Waals surface area contributed by atoms with Gasteiger partial charge in [-0.3, -0.25) is 0 Å². The fraction of sp³-hybridized carbons (Fsp3) is 0.250. The third-order valence-electron chi connectivity index (χ3n) is 1.69. The van der Waals surface area contributed by atoms with Crippen LogP contribution >= 0.6 is 0 Å². The highest BCUT2D eigenvalue weighted by Crippen LogP contribution is 2.08. The number of hydrogen-bond acceptors (Lipinski definition) is 7. The van der Waals surface area contributed by atoms with Crippen LogP contribution in [-0.2, 0) is 6.54 Å². The first-order valence-corrected chi connectivity index (χ1v) is 4.34. The van der Waals surface area contributed by atoms with Gasteiger partial charge in [-0.05, 0) is 6.92 Å². The Bertz CT molecular complexity index is 420. The van der Waals surface area contributed by atoms with E-state index in [1.165, 1.54) is 6.39 Å².